The SMILES string of the molecule is OCCC#Cc1ccc(COc2cccc(F)c2)cc1. The van der Waals surface area contributed by atoms with E-state index in [2.05, 4.69) is 11.8 Å². The van der Waals surface area contributed by atoms with Crippen molar-refractivity contribution >= 4 is 0 Å². The first-order chi connectivity index (χ1) is 9.78. The van der Waals surface area contributed by atoms with Crippen LogP contribution in [-0.2, 0) is 6.61 Å². The molecule has 0 amide bonds. The predicted octanol–water partition coefficient (Wildman–Crippen LogP) is 3.14. The van der Waals surface area contributed by atoms with Crippen LogP contribution in [0, 0.1) is 17.7 Å². The predicted molar refractivity (Wildman–Crippen MR) is 75.8 cm³/mol. The molecule has 102 valence electrons. The van der Waals surface area contributed by atoms with Gasteiger partial charge in [-0.1, -0.05) is 30.0 Å². The first-order valence-electron chi connectivity index (χ1n) is 6.35. The molecule has 1 N–H and O–H groups in total. The zero-order valence-corrected chi connectivity index (χ0v) is 11.0. The van der Waals surface area contributed by atoms with Crippen molar-refractivity contribution in [2.75, 3.05) is 6.61 Å². The molecule has 0 aliphatic heterocycles. The Bertz CT molecular complexity index is 609. The lowest BCUT2D eigenvalue weighted by Gasteiger charge is -2.06. The van der Waals surface area contributed by atoms with E-state index >= 15 is 0 Å². The molecule has 0 unspecified atom stereocenters. The zero-order chi connectivity index (χ0) is 14.2. The van der Waals surface area contributed by atoms with Gasteiger partial charge in [-0.05, 0) is 29.8 Å². The molecule has 0 bridgehead atoms. The summed E-state index contributed by atoms with van der Waals surface area (Å²) in [5.41, 5.74) is 1.88. The fraction of sp³-hybridized carbons (Fsp3) is 0.176. The summed E-state index contributed by atoms with van der Waals surface area (Å²) in [6.07, 6.45) is 0.477. The summed E-state index contributed by atoms with van der Waals surface area (Å²) in [5.74, 6) is 6.02. The molecule has 0 heterocycles. The van der Waals surface area contributed by atoms with E-state index < -0.39 is 0 Å². The van der Waals surface area contributed by atoms with E-state index in [0.717, 1.165) is 11.1 Å². The number of halogens is 1. The minimum atomic E-state index is -0.308. The third kappa shape index (κ3) is 4.42. The number of aliphatic hydroxyl groups is 1. The van der Waals surface area contributed by atoms with Gasteiger partial charge in [0.15, 0.2) is 0 Å². The van der Waals surface area contributed by atoms with Crippen LogP contribution in [0.5, 0.6) is 5.75 Å². The van der Waals surface area contributed by atoms with E-state index in [1.807, 2.05) is 24.3 Å². The van der Waals surface area contributed by atoms with Crippen molar-refractivity contribution in [3.05, 3.63) is 65.5 Å². The van der Waals surface area contributed by atoms with Gasteiger partial charge in [-0.25, -0.2) is 4.39 Å². The van der Waals surface area contributed by atoms with Crippen LogP contribution in [-0.4, -0.2) is 11.7 Å². The molecule has 0 aromatic heterocycles. The highest BCUT2D eigenvalue weighted by Gasteiger charge is 1.97. The van der Waals surface area contributed by atoms with Crippen LogP contribution in [0.4, 0.5) is 4.39 Å². The second-order valence-electron chi connectivity index (χ2n) is 4.22. The van der Waals surface area contributed by atoms with Gasteiger partial charge < -0.3 is 9.84 Å². The Morgan fingerprint density at radius 1 is 1.10 bits per heavy atom. The van der Waals surface area contributed by atoms with Crippen LogP contribution in [0.2, 0.25) is 0 Å². The monoisotopic (exact) mass is 270 g/mol. The van der Waals surface area contributed by atoms with E-state index in [4.69, 9.17) is 9.84 Å². The number of ether oxygens (including phenoxy) is 1. The van der Waals surface area contributed by atoms with Gasteiger partial charge in [0.25, 0.3) is 0 Å². The van der Waals surface area contributed by atoms with E-state index in [-0.39, 0.29) is 12.4 Å². The van der Waals surface area contributed by atoms with Gasteiger partial charge in [0.2, 0.25) is 0 Å². The molecule has 0 aliphatic carbocycles. The maximum absolute atomic E-state index is 13.0. The average Bonchev–Trinajstić information content (AvgIpc) is 2.47. The van der Waals surface area contributed by atoms with Crippen molar-refractivity contribution in [3.8, 4) is 17.6 Å². The topological polar surface area (TPSA) is 29.5 Å². The largest absolute Gasteiger partial charge is 0.489 e. The third-order valence-electron chi connectivity index (χ3n) is 2.63. The molecule has 0 saturated carbocycles. The molecule has 0 atom stereocenters. The van der Waals surface area contributed by atoms with Gasteiger partial charge in [-0.15, -0.1) is 0 Å². The Morgan fingerprint density at radius 2 is 1.90 bits per heavy atom. The fourth-order valence-corrected chi connectivity index (χ4v) is 1.63. The van der Waals surface area contributed by atoms with Gasteiger partial charge >= 0.3 is 0 Å². The van der Waals surface area contributed by atoms with Crippen molar-refractivity contribution in [2.24, 2.45) is 0 Å². The average molecular weight is 270 g/mol. The smallest absolute Gasteiger partial charge is 0.126 e. The van der Waals surface area contributed by atoms with Gasteiger partial charge in [0.05, 0.1) is 6.61 Å². The summed E-state index contributed by atoms with van der Waals surface area (Å²) in [5, 5.41) is 8.64. The van der Waals surface area contributed by atoms with Crippen molar-refractivity contribution in [1.29, 1.82) is 0 Å². The van der Waals surface area contributed by atoms with E-state index in [1.54, 1.807) is 12.1 Å². The van der Waals surface area contributed by atoms with Crippen LogP contribution >= 0.6 is 0 Å². The molecule has 0 fully saturated rings. The summed E-state index contributed by atoms with van der Waals surface area (Å²) in [4.78, 5) is 0. The molecular formula is C17H15FO2. The normalized spacial score (nSPS) is 9.70. The molecular weight excluding hydrogens is 255 g/mol. The number of rotatable bonds is 4. The highest BCUT2D eigenvalue weighted by Crippen LogP contribution is 2.14. The first-order valence-corrected chi connectivity index (χ1v) is 6.35. The summed E-state index contributed by atoms with van der Waals surface area (Å²) in [6.45, 7) is 0.459. The summed E-state index contributed by atoms with van der Waals surface area (Å²) < 4.78 is 18.5. The number of hydrogen-bond acceptors (Lipinski definition) is 2. The van der Waals surface area contributed by atoms with Crippen molar-refractivity contribution in [3.63, 3.8) is 0 Å². The van der Waals surface area contributed by atoms with Crippen LogP contribution in [0.15, 0.2) is 48.5 Å². The maximum atomic E-state index is 13.0. The molecule has 2 aromatic carbocycles. The minimum Gasteiger partial charge on any atom is -0.489 e. The Hall–Kier alpha value is -2.31. The highest BCUT2D eigenvalue weighted by atomic mass is 19.1. The van der Waals surface area contributed by atoms with E-state index in [9.17, 15) is 4.39 Å². The Labute approximate surface area is 117 Å². The van der Waals surface area contributed by atoms with E-state index in [1.165, 1.54) is 12.1 Å². The molecule has 2 rings (SSSR count). The van der Waals surface area contributed by atoms with Crippen LogP contribution in [0.25, 0.3) is 0 Å². The second-order valence-corrected chi connectivity index (χ2v) is 4.22. The van der Waals surface area contributed by atoms with Crippen molar-refractivity contribution < 1.29 is 14.2 Å². The van der Waals surface area contributed by atoms with Crippen molar-refractivity contribution in [2.45, 2.75) is 13.0 Å². The molecule has 0 radical (unpaired) electrons. The molecule has 0 aliphatic rings. The molecule has 0 spiro atoms. The van der Waals surface area contributed by atoms with Gasteiger partial charge in [-0.2, -0.15) is 0 Å². The lowest BCUT2D eigenvalue weighted by Crippen LogP contribution is -1.95. The fourth-order valence-electron chi connectivity index (χ4n) is 1.63. The zero-order valence-electron chi connectivity index (χ0n) is 11.0. The maximum Gasteiger partial charge on any atom is 0.126 e. The quantitative estimate of drug-likeness (QED) is 0.865. The Morgan fingerprint density at radius 3 is 2.60 bits per heavy atom. The Kier molecular flexibility index (Phi) is 5.16. The second kappa shape index (κ2) is 7.32. The molecule has 2 aromatic rings. The standard InChI is InChI=1S/C17H15FO2/c18-16-5-3-6-17(12-16)20-13-15-9-7-14(8-10-15)4-1-2-11-19/h3,5-10,12,19H,2,11,13H2. The summed E-state index contributed by atoms with van der Waals surface area (Å²) >= 11 is 0. The van der Waals surface area contributed by atoms with Crippen LogP contribution in [0.1, 0.15) is 17.5 Å². The van der Waals surface area contributed by atoms with Gasteiger partial charge in [-0.3, -0.25) is 0 Å². The lowest BCUT2D eigenvalue weighted by molar-refractivity contribution is 0.304. The molecule has 2 nitrogen and oxygen atoms in total. The number of hydrogen-bond donors (Lipinski definition) is 1. The number of benzene rings is 2. The third-order valence-corrected chi connectivity index (χ3v) is 2.63. The van der Waals surface area contributed by atoms with Gasteiger partial charge in [0, 0.05) is 18.1 Å². The highest BCUT2D eigenvalue weighted by molar-refractivity contribution is 5.36. The summed E-state index contributed by atoms with van der Waals surface area (Å²) in [6, 6.07) is 13.7. The van der Waals surface area contributed by atoms with Crippen LogP contribution < -0.4 is 4.74 Å². The Balaban J connectivity index is 1.93. The van der Waals surface area contributed by atoms with E-state index in [0.29, 0.717) is 18.8 Å². The van der Waals surface area contributed by atoms with Crippen LogP contribution in [0.3, 0.4) is 0 Å². The first kappa shape index (κ1) is 14.1. The van der Waals surface area contributed by atoms with Crippen molar-refractivity contribution in [1.82, 2.24) is 0 Å². The molecule has 3 heteroatoms. The number of aliphatic hydroxyl groups excluding tert-OH is 1. The van der Waals surface area contributed by atoms with Gasteiger partial charge in [0.1, 0.15) is 18.2 Å². The summed E-state index contributed by atoms with van der Waals surface area (Å²) in [7, 11) is 0. The lowest BCUT2D eigenvalue weighted by atomic mass is 10.1. The molecule has 20 heavy (non-hydrogen) atoms. The minimum absolute atomic E-state index is 0.0760. The molecule has 0 saturated heterocycles.